The van der Waals surface area contributed by atoms with Crippen LogP contribution in [-0.2, 0) is 4.79 Å². The van der Waals surface area contributed by atoms with Crippen molar-refractivity contribution in [2.75, 3.05) is 13.2 Å². The second-order valence-corrected chi connectivity index (χ2v) is 9.98. The number of nitrogens with one attached hydrogen (secondary N) is 1. The molecule has 4 saturated carbocycles. The van der Waals surface area contributed by atoms with Crippen LogP contribution in [0, 0.1) is 17.3 Å². The summed E-state index contributed by atoms with van der Waals surface area (Å²) in [4.78, 5) is 12.5. The molecule has 1 amide bonds. The van der Waals surface area contributed by atoms with Crippen molar-refractivity contribution in [3.63, 3.8) is 0 Å². The van der Waals surface area contributed by atoms with Crippen LogP contribution in [0.1, 0.15) is 44.9 Å². The molecule has 2 unspecified atom stereocenters. The molecular weight excluding hydrogens is 366 g/mol. The Morgan fingerprint density at radius 3 is 2.54 bits per heavy atom. The molecule has 0 saturated heterocycles. The van der Waals surface area contributed by atoms with Crippen molar-refractivity contribution in [1.82, 2.24) is 5.32 Å². The van der Waals surface area contributed by atoms with E-state index in [2.05, 4.69) is 21.2 Å². The number of carbonyl (C=O) groups is 1. The monoisotopic (exact) mass is 391 g/mol. The van der Waals surface area contributed by atoms with Crippen LogP contribution < -0.4 is 10.1 Å². The second-order valence-electron chi connectivity index (χ2n) is 8.30. The first-order valence-electron chi connectivity index (χ1n) is 9.18. The summed E-state index contributed by atoms with van der Waals surface area (Å²) in [5, 5.41) is 3.06. The van der Waals surface area contributed by atoms with E-state index in [1.54, 1.807) is 0 Å². The van der Waals surface area contributed by atoms with Gasteiger partial charge >= 0.3 is 0 Å². The lowest BCUT2D eigenvalue weighted by molar-refractivity contribution is -0.128. The molecule has 4 heteroatoms. The van der Waals surface area contributed by atoms with Gasteiger partial charge in [0.05, 0.1) is 6.54 Å². The first kappa shape index (κ1) is 16.4. The van der Waals surface area contributed by atoms with Gasteiger partial charge in [-0.2, -0.15) is 0 Å². The van der Waals surface area contributed by atoms with Gasteiger partial charge in [0.1, 0.15) is 12.4 Å². The Bertz CT molecular complexity index is 589. The van der Waals surface area contributed by atoms with Crippen LogP contribution >= 0.6 is 15.9 Å². The highest BCUT2D eigenvalue weighted by molar-refractivity contribution is 9.10. The van der Waals surface area contributed by atoms with Crippen molar-refractivity contribution >= 4 is 21.8 Å². The first-order chi connectivity index (χ1) is 11.5. The number of benzene rings is 1. The molecule has 130 valence electrons. The molecule has 1 N–H and O–H groups in total. The zero-order valence-corrected chi connectivity index (χ0v) is 15.7. The number of rotatable bonds is 6. The first-order valence-corrected chi connectivity index (χ1v) is 9.97. The summed E-state index contributed by atoms with van der Waals surface area (Å²) in [5.41, 5.74) is 0.248. The number of carbonyl (C=O) groups excluding carboxylic acids is 1. The van der Waals surface area contributed by atoms with Crippen LogP contribution in [0.3, 0.4) is 0 Å². The summed E-state index contributed by atoms with van der Waals surface area (Å²) in [7, 11) is 0. The number of hydrogen-bond donors (Lipinski definition) is 1. The van der Waals surface area contributed by atoms with Crippen molar-refractivity contribution in [3.05, 3.63) is 30.3 Å². The molecule has 4 aliphatic carbocycles. The van der Waals surface area contributed by atoms with Crippen LogP contribution in [0.25, 0.3) is 0 Å². The molecule has 5 rings (SSSR count). The van der Waals surface area contributed by atoms with Gasteiger partial charge in [-0.3, -0.25) is 4.79 Å². The standard InChI is InChI=1S/C20H26BrNO2/c21-20-11-15-8-16(12-20)10-19(9-15,14-20)13-18(23)22-6-7-24-17-4-2-1-3-5-17/h1-5,15-16H,6-14H2,(H,22,23). The van der Waals surface area contributed by atoms with Gasteiger partial charge in [-0.05, 0) is 67.9 Å². The lowest BCUT2D eigenvalue weighted by atomic mass is 9.48. The number of hydrogen-bond acceptors (Lipinski definition) is 2. The Balaban J connectivity index is 1.26. The molecule has 0 heterocycles. The minimum Gasteiger partial charge on any atom is -0.492 e. The summed E-state index contributed by atoms with van der Waals surface area (Å²) in [6, 6.07) is 9.75. The third-order valence-electron chi connectivity index (χ3n) is 6.08. The molecule has 3 nitrogen and oxygen atoms in total. The van der Waals surface area contributed by atoms with Crippen LogP contribution in [-0.4, -0.2) is 23.4 Å². The lowest BCUT2D eigenvalue weighted by Gasteiger charge is -2.60. The lowest BCUT2D eigenvalue weighted by Crippen LogP contribution is -2.54. The third kappa shape index (κ3) is 3.49. The van der Waals surface area contributed by atoms with E-state index < -0.39 is 0 Å². The van der Waals surface area contributed by atoms with Crippen LogP contribution in [0.2, 0.25) is 0 Å². The molecule has 1 aromatic carbocycles. The molecular formula is C20H26BrNO2. The third-order valence-corrected chi connectivity index (χ3v) is 7.01. The fourth-order valence-electron chi connectivity index (χ4n) is 5.82. The Kier molecular flexibility index (Phi) is 4.36. The molecule has 0 aliphatic heterocycles. The maximum atomic E-state index is 12.5. The summed E-state index contributed by atoms with van der Waals surface area (Å²) < 4.78 is 5.97. The van der Waals surface area contributed by atoms with E-state index >= 15 is 0 Å². The zero-order chi connectivity index (χ0) is 16.6. The van der Waals surface area contributed by atoms with Gasteiger partial charge < -0.3 is 10.1 Å². The highest BCUT2D eigenvalue weighted by atomic mass is 79.9. The van der Waals surface area contributed by atoms with E-state index in [1.807, 2.05) is 30.3 Å². The minimum absolute atomic E-state index is 0.199. The molecule has 4 bridgehead atoms. The molecule has 0 aromatic heterocycles. The number of amides is 1. The van der Waals surface area contributed by atoms with E-state index in [4.69, 9.17) is 4.74 Å². The van der Waals surface area contributed by atoms with Crippen molar-refractivity contribution < 1.29 is 9.53 Å². The van der Waals surface area contributed by atoms with E-state index in [-0.39, 0.29) is 11.3 Å². The summed E-state index contributed by atoms with van der Waals surface area (Å²) in [5.74, 6) is 2.72. The smallest absolute Gasteiger partial charge is 0.220 e. The Morgan fingerprint density at radius 1 is 1.17 bits per heavy atom. The number of halogens is 1. The molecule has 2 atom stereocenters. The molecule has 0 spiro atoms. The van der Waals surface area contributed by atoms with E-state index in [0.717, 1.165) is 17.6 Å². The van der Waals surface area contributed by atoms with Gasteiger partial charge in [0.2, 0.25) is 5.91 Å². The maximum Gasteiger partial charge on any atom is 0.220 e. The maximum absolute atomic E-state index is 12.5. The normalized spacial score (nSPS) is 36.5. The fraction of sp³-hybridized carbons (Fsp3) is 0.650. The van der Waals surface area contributed by atoms with Crippen molar-refractivity contribution in [3.8, 4) is 5.75 Å². The number of ether oxygens (including phenoxy) is 1. The van der Waals surface area contributed by atoms with Crippen molar-refractivity contribution in [2.45, 2.75) is 49.3 Å². The molecule has 24 heavy (non-hydrogen) atoms. The molecule has 4 fully saturated rings. The predicted molar refractivity (Wildman–Crippen MR) is 98.3 cm³/mol. The van der Waals surface area contributed by atoms with Gasteiger partial charge in [-0.25, -0.2) is 0 Å². The quantitative estimate of drug-likeness (QED) is 0.579. The van der Waals surface area contributed by atoms with Crippen molar-refractivity contribution in [2.24, 2.45) is 17.3 Å². The van der Waals surface area contributed by atoms with Crippen LogP contribution in [0.15, 0.2) is 30.3 Å². The molecule has 4 aliphatic rings. The Morgan fingerprint density at radius 2 is 1.88 bits per heavy atom. The highest BCUT2D eigenvalue weighted by Crippen LogP contribution is 2.65. The Hall–Kier alpha value is -1.03. The van der Waals surface area contributed by atoms with Gasteiger partial charge in [-0.1, -0.05) is 34.1 Å². The van der Waals surface area contributed by atoms with Gasteiger partial charge in [0.25, 0.3) is 0 Å². The van der Waals surface area contributed by atoms with Crippen LogP contribution in [0.5, 0.6) is 5.75 Å². The zero-order valence-electron chi connectivity index (χ0n) is 14.1. The number of alkyl halides is 1. The SMILES string of the molecule is O=C(CC12CC3CC(CC(Br)(C3)C1)C2)NCCOc1ccccc1. The summed E-state index contributed by atoms with van der Waals surface area (Å²) in [6.45, 7) is 1.10. The van der Waals surface area contributed by atoms with Gasteiger partial charge in [-0.15, -0.1) is 0 Å². The van der Waals surface area contributed by atoms with E-state index in [0.29, 0.717) is 23.9 Å². The largest absolute Gasteiger partial charge is 0.492 e. The average molecular weight is 392 g/mol. The van der Waals surface area contributed by atoms with E-state index in [9.17, 15) is 4.79 Å². The topological polar surface area (TPSA) is 38.3 Å². The van der Waals surface area contributed by atoms with Gasteiger partial charge in [0, 0.05) is 10.7 Å². The second kappa shape index (κ2) is 6.36. The Labute approximate surface area is 152 Å². The van der Waals surface area contributed by atoms with Gasteiger partial charge in [0.15, 0.2) is 0 Å². The number of para-hydroxylation sites is 1. The minimum atomic E-state index is 0.199. The van der Waals surface area contributed by atoms with Crippen molar-refractivity contribution in [1.29, 1.82) is 0 Å². The fourth-order valence-corrected chi connectivity index (χ4v) is 7.33. The van der Waals surface area contributed by atoms with Crippen LogP contribution in [0.4, 0.5) is 0 Å². The molecule has 0 radical (unpaired) electrons. The highest BCUT2D eigenvalue weighted by Gasteiger charge is 2.57. The predicted octanol–water partition coefficient (Wildman–Crippen LogP) is 4.31. The van der Waals surface area contributed by atoms with E-state index in [1.165, 1.54) is 38.5 Å². The summed E-state index contributed by atoms with van der Waals surface area (Å²) >= 11 is 4.02. The molecule has 1 aromatic rings. The summed E-state index contributed by atoms with van der Waals surface area (Å²) in [6.07, 6.45) is 8.41. The average Bonchev–Trinajstić information content (AvgIpc) is 2.49.